The number of ether oxygens (including phenoxy) is 2. The van der Waals surface area contributed by atoms with Gasteiger partial charge in [0.1, 0.15) is 23.1 Å². The van der Waals surface area contributed by atoms with Gasteiger partial charge in [0.05, 0.1) is 29.4 Å². The Morgan fingerprint density at radius 3 is 2.27 bits per heavy atom. The minimum Gasteiger partial charge on any atom is -0.489 e. The van der Waals surface area contributed by atoms with Gasteiger partial charge in [0.25, 0.3) is 5.91 Å². The molecule has 49 heavy (non-hydrogen) atoms. The van der Waals surface area contributed by atoms with Crippen molar-refractivity contribution in [3.8, 4) is 23.7 Å². The molecule has 2 aliphatic carbocycles. The van der Waals surface area contributed by atoms with Gasteiger partial charge in [-0.05, 0) is 95.2 Å². The number of nitriles is 1. The summed E-state index contributed by atoms with van der Waals surface area (Å²) in [7, 11) is 0. The highest BCUT2D eigenvalue weighted by Gasteiger charge is 2.67. The summed E-state index contributed by atoms with van der Waals surface area (Å²) < 4.78 is 12.1. The molecule has 1 aromatic carbocycles. The zero-order valence-corrected chi connectivity index (χ0v) is 30.4. The van der Waals surface area contributed by atoms with E-state index < -0.39 is 5.60 Å². The molecule has 2 saturated carbocycles. The Hall–Kier alpha value is -4.08. The minimum atomic E-state index is -0.472. The highest BCUT2D eigenvalue weighted by Crippen LogP contribution is 2.59. The highest BCUT2D eigenvalue weighted by molar-refractivity contribution is 5.98. The number of carbonyl (C=O) groups is 2. The topological polar surface area (TPSA) is 99.0 Å². The van der Waals surface area contributed by atoms with Crippen LogP contribution in [0.2, 0.25) is 0 Å². The molecule has 260 valence electrons. The lowest BCUT2D eigenvalue weighted by Crippen LogP contribution is -2.74. The predicted octanol–water partition coefficient (Wildman–Crippen LogP) is 6.56. The zero-order chi connectivity index (χ0) is 35.3. The van der Waals surface area contributed by atoms with Crippen molar-refractivity contribution in [1.29, 1.82) is 5.26 Å². The van der Waals surface area contributed by atoms with Crippen molar-refractivity contribution in [2.75, 3.05) is 26.2 Å². The van der Waals surface area contributed by atoms with Crippen molar-refractivity contribution < 1.29 is 19.1 Å². The van der Waals surface area contributed by atoms with Gasteiger partial charge in [-0.2, -0.15) is 5.26 Å². The van der Waals surface area contributed by atoms with Crippen LogP contribution in [0.4, 0.5) is 4.79 Å². The number of pyridine rings is 1. The van der Waals surface area contributed by atoms with Gasteiger partial charge in [-0.15, -0.1) is 0 Å². The number of fused-ring (bicyclic) bond motifs is 1. The van der Waals surface area contributed by atoms with Gasteiger partial charge in [0, 0.05) is 55.0 Å². The summed E-state index contributed by atoms with van der Waals surface area (Å²) in [5, 5.41) is 9.31. The van der Waals surface area contributed by atoms with E-state index in [1.165, 1.54) is 0 Å². The summed E-state index contributed by atoms with van der Waals surface area (Å²) in [4.78, 5) is 37.4. The maximum atomic E-state index is 13.7. The second-order valence-electron chi connectivity index (χ2n) is 16.5. The minimum absolute atomic E-state index is 0.0195. The lowest BCUT2D eigenvalue weighted by Gasteiger charge is -2.65. The van der Waals surface area contributed by atoms with Crippen LogP contribution >= 0.6 is 0 Å². The van der Waals surface area contributed by atoms with Gasteiger partial charge in [0.2, 0.25) is 0 Å². The van der Waals surface area contributed by atoms with Crippen molar-refractivity contribution >= 4 is 12.0 Å². The lowest BCUT2D eigenvalue weighted by molar-refractivity contribution is -0.199. The Morgan fingerprint density at radius 1 is 0.980 bits per heavy atom. The molecule has 0 unspecified atom stereocenters. The fraction of sp³-hybridized carbons (Fsp3) is 0.600. The second-order valence-corrected chi connectivity index (χ2v) is 16.5. The van der Waals surface area contributed by atoms with Crippen molar-refractivity contribution in [1.82, 2.24) is 19.7 Å². The SMILES string of the molecule is Cc1cc(OC2C(C)(C)C(N3Cc4nc(C#CC5CCC(N6CCN(C(=O)OC(C)(C)C)CC6)CC5)ccc4C3=O)C2(C)C)ccc1C#N. The average molecular weight is 666 g/mol. The van der Waals surface area contributed by atoms with Gasteiger partial charge < -0.3 is 19.3 Å². The summed E-state index contributed by atoms with van der Waals surface area (Å²) in [6, 6.07) is 12.1. The largest absolute Gasteiger partial charge is 0.489 e. The fourth-order valence-corrected chi connectivity index (χ4v) is 9.03. The number of nitrogens with zero attached hydrogens (tertiary/aromatic N) is 5. The quantitative estimate of drug-likeness (QED) is 0.341. The van der Waals surface area contributed by atoms with Crippen molar-refractivity contribution in [3.05, 3.63) is 58.4 Å². The maximum Gasteiger partial charge on any atom is 0.410 e. The number of carbonyl (C=O) groups excluding carboxylic acids is 2. The summed E-state index contributed by atoms with van der Waals surface area (Å²) in [5.74, 6) is 7.93. The Labute approximate surface area is 291 Å². The Morgan fingerprint density at radius 2 is 1.65 bits per heavy atom. The van der Waals surface area contributed by atoms with Crippen molar-refractivity contribution in [2.24, 2.45) is 16.7 Å². The number of rotatable bonds is 4. The molecule has 9 nitrogen and oxygen atoms in total. The standard InChI is InChI=1S/C40H51N5O4/c1-26-23-31(17-12-28(26)24-41)48-36-39(5,6)35(40(36,7)8)45-25-33-32(34(45)46)18-14-29(42-33)13-9-27-10-15-30(16-11-27)43-19-21-44(22-20-43)37(47)49-38(2,3)4/h12,14,17-18,23,27,30,35-36H,10-11,15-16,19-22,25H2,1-8H3. The van der Waals surface area contributed by atoms with E-state index in [4.69, 9.17) is 14.5 Å². The first-order valence-corrected chi connectivity index (χ1v) is 17.8. The molecule has 0 N–H and O–H groups in total. The van der Waals surface area contributed by atoms with E-state index >= 15 is 0 Å². The molecule has 2 amide bonds. The van der Waals surface area contributed by atoms with E-state index in [1.807, 2.05) is 61.8 Å². The van der Waals surface area contributed by atoms with Crippen LogP contribution in [0.1, 0.15) is 107 Å². The number of hydrogen-bond acceptors (Lipinski definition) is 7. The molecule has 2 aliphatic heterocycles. The number of aryl methyl sites for hydroxylation is 1. The zero-order valence-electron chi connectivity index (χ0n) is 30.4. The van der Waals surface area contributed by atoms with Crippen LogP contribution in [0.25, 0.3) is 0 Å². The van der Waals surface area contributed by atoms with E-state index in [0.717, 1.165) is 61.5 Å². The number of hydrogen-bond donors (Lipinski definition) is 0. The van der Waals surface area contributed by atoms with Crippen LogP contribution in [-0.4, -0.2) is 81.7 Å². The molecule has 0 spiro atoms. The van der Waals surface area contributed by atoms with Gasteiger partial charge in [-0.3, -0.25) is 9.69 Å². The van der Waals surface area contributed by atoms with E-state index in [1.54, 1.807) is 6.07 Å². The second kappa shape index (κ2) is 13.0. The van der Waals surface area contributed by atoms with Crippen molar-refractivity contribution in [2.45, 2.75) is 111 Å². The fourth-order valence-electron chi connectivity index (χ4n) is 9.03. The molecule has 0 atom stereocenters. The number of piperazine rings is 1. The molecular formula is C40H51N5O4. The number of amides is 2. The van der Waals surface area contributed by atoms with Crippen LogP contribution in [0.3, 0.4) is 0 Å². The molecule has 1 aromatic heterocycles. The molecule has 4 aliphatic rings. The Balaban J connectivity index is 1.03. The third kappa shape index (κ3) is 6.88. The molecule has 2 aromatic rings. The van der Waals surface area contributed by atoms with Crippen LogP contribution < -0.4 is 4.74 Å². The molecule has 3 fully saturated rings. The molecular weight excluding hydrogens is 614 g/mol. The predicted molar refractivity (Wildman–Crippen MR) is 188 cm³/mol. The third-order valence-corrected chi connectivity index (χ3v) is 11.0. The van der Waals surface area contributed by atoms with Gasteiger partial charge >= 0.3 is 6.09 Å². The van der Waals surface area contributed by atoms with E-state index in [-0.39, 0.29) is 35.0 Å². The monoisotopic (exact) mass is 665 g/mol. The van der Waals surface area contributed by atoms with Crippen LogP contribution in [-0.2, 0) is 11.3 Å². The smallest absolute Gasteiger partial charge is 0.410 e. The van der Waals surface area contributed by atoms with Crippen LogP contribution in [0.15, 0.2) is 30.3 Å². The van der Waals surface area contributed by atoms with Crippen LogP contribution in [0.5, 0.6) is 5.75 Å². The summed E-state index contributed by atoms with van der Waals surface area (Å²) in [5.41, 5.74) is 2.65. The molecule has 0 bridgehead atoms. The normalized spacial score (nSPS) is 26.1. The molecule has 3 heterocycles. The molecule has 9 heteroatoms. The number of aromatic nitrogens is 1. The lowest BCUT2D eigenvalue weighted by atomic mass is 9.49. The first-order chi connectivity index (χ1) is 23.1. The number of benzene rings is 1. The molecule has 1 saturated heterocycles. The highest BCUT2D eigenvalue weighted by atomic mass is 16.6. The third-order valence-electron chi connectivity index (χ3n) is 11.0. The molecule has 6 rings (SSSR count). The van der Waals surface area contributed by atoms with E-state index in [0.29, 0.717) is 42.7 Å². The van der Waals surface area contributed by atoms with Gasteiger partial charge in [0.15, 0.2) is 0 Å². The summed E-state index contributed by atoms with van der Waals surface area (Å²) in [6.45, 7) is 20.0. The maximum absolute atomic E-state index is 13.7. The summed E-state index contributed by atoms with van der Waals surface area (Å²) >= 11 is 0. The van der Waals surface area contributed by atoms with E-state index in [9.17, 15) is 14.9 Å². The first-order valence-electron chi connectivity index (χ1n) is 17.8. The molecule has 0 radical (unpaired) electrons. The first kappa shape index (κ1) is 34.8. The summed E-state index contributed by atoms with van der Waals surface area (Å²) in [6.07, 6.45) is 4.00. The van der Waals surface area contributed by atoms with E-state index in [2.05, 4.69) is 50.5 Å². The Kier molecular flexibility index (Phi) is 9.22. The van der Waals surface area contributed by atoms with Gasteiger partial charge in [-0.1, -0.05) is 33.6 Å². The average Bonchev–Trinajstić information content (AvgIpc) is 3.35. The van der Waals surface area contributed by atoms with Gasteiger partial charge in [-0.25, -0.2) is 9.78 Å². The Bertz CT molecular complexity index is 1690. The van der Waals surface area contributed by atoms with Crippen molar-refractivity contribution in [3.63, 3.8) is 0 Å². The van der Waals surface area contributed by atoms with Crippen LogP contribution in [0, 0.1) is 46.8 Å².